The highest BCUT2D eigenvalue weighted by Gasteiger charge is 2.14. The Morgan fingerprint density at radius 1 is 0.576 bits per heavy atom. The highest BCUT2D eigenvalue weighted by Crippen LogP contribution is 2.33. The molecule has 160 valence electrons. The summed E-state index contributed by atoms with van der Waals surface area (Å²) in [5, 5.41) is 4.18. The van der Waals surface area contributed by atoms with E-state index in [1.54, 1.807) is 0 Å². The van der Waals surface area contributed by atoms with E-state index >= 15 is 0 Å². The Morgan fingerprint density at radius 2 is 1.03 bits per heavy atom. The number of nitrogens with one attached hydrogen (secondary N) is 2. The molecular weight excluding hydrogens is 408 g/mol. The van der Waals surface area contributed by atoms with Gasteiger partial charge in [-0.15, -0.1) is 0 Å². The summed E-state index contributed by atoms with van der Waals surface area (Å²) in [5.74, 6) is 0. The molecule has 33 heavy (non-hydrogen) atoms. The van der Waals surface area contributed by atoms with E-state index in [2.05, 4.69) is 46.4 Å². The number of carbonyl (C=O) groups excluding carboxylic acids is 2. The first kappa shape index (κ1) is 19.5. The second kappa shape index (κ2) is 7.75. The van der Waals surface area contributed by atoms with Crippen molar-refractivity contribution in [3.8, 4) is 0 Å². The van der Waals surface area contributed by atoms with Gasteiger partial charge in [-0.3, -0.25) is 9.59 Å². The number of aldehydes is 2. The van der Waals surface area contributed by atoms with E-state index in [4.69, 9.17) is 0 Å². The third-order valence-electron chi connectivity index (χ3n) is 6.71. The maximum Gasteiger partial charge on any atom is 0.150 e. The molecule has 4 aromatic carbocycles. The molecule has 4 nitrogen and oxygen atoms in total. The molecule has 0 bridgehead atoms. The maximum absolute atomic E-state index is 11.7. The normalized spacial score (nSPS) is 11.6. The smallest absolute Gasteiger partial charge is 0.150 e. The van der Waals surface area contributed by atoms with Crippen LogP contribution >= 0.6 is 0 Å². The van der Waals surface area contributed by atoms with Crippen LogP contribution in [-0.2, 0) is 12.8 Å². The average molecular weight is 431 g/mol. The lowest BCUT2D eigenvalue weighted by Gasteiger charge is -2.08. The minimum Gasteiger partial charge on any atom is -0.354 e. The van der Waals surface area contributed by atoms with Gasteiger partial charge >= 0.3 is 0 Å². The van der Waals surface area contributed by atoms with Crippen molar-refractivity contribution < 1.29 is 9.59 Å². The van der Waals surface area contributed by atoms with Gasteiger partial charge in [0.15, 0.2) is 12.6 Å². The number of carbonyl (C=O) groups is 2. The minimum atomic E-state index is 0.718. The predicted molar refractivity (Wildman–Crippen MR) is 134 cm³/mol. The van der Waals surface area contributed by atoms with Crippen LogP contribution in [0.2, 0.25) is 0 Å². The van der Waals surface area contributed by atoms with E-state index in [-0.39, 0.29) is 0 Å². The summed E-state index contributed by atoms with van der Waals surface area (Å²) >= 11 is 0. The quantitative estimate of drug-likeness (QED) is 0.287. The van der Waals surface area contributed by atoms with Crippen LogP contribution in [0.25, 0.3) is 43.6 Å². The Bertz CT molecular complexity index is 1560. The predicted octanol–water partition coefficient (Wildman–Crippen LogP) is 6.76. The van der Waals surface area contributed by atoms with Crippen LogP contribution in [-0.4, -0.2) is 22.5 Å². The number of hydrogen-bond donors (Lipinski definition) is 2. The molecule has 0 saturated carbocycles. The molecule has 0 saturated heterocycles. The van der Waals surface area contributed by atoms with Gasteiger partial charge in [-0.1, -0.05) is 60.7 Å². The van der Waals surface area contributed by atoms with Gasteiger partial charge in [0.1, 0.15) is 0 Å². The van der Waals surface area contributed by atoms with Gasteiger partial charge in [0.25, 0.3) is 0 Å². The van der Waals surface area contributed by atoms with Crippen LogP contribution in [0, 0.1) is 0 Å². The number of hydrogen-bond acceptors (Lipinski definition) is 2. The highest BCUT2D eigenvalue weighted by molar-refractivity contribution is 6.15. The summed E-state index contributed by atoms with van der Waals surface area (Å²) in [6.45, 7) is 0. The molecule has 0 aliphatic rings. The number of aryl methyl sites for hydroxylation is 2. The van der Waals surface area contributed by atoms with E-state index in [0.29, 0.717) is 0 Å². The van der Waals surface area contributed by atoms with Crippen LogP contribution in [0.3, 0.4) is 0 Å². The highest BCUT2D eigenvalue weighted by atomic mass is 16.1. The lowest BCUT2D eigenvalue weighted by Crippen LogP contribution is -1.95. The Kier molecular flexibility index (Phi) is 4.58. The van der Waals surface area contributed by atoms with Crippen molar-refractivity contribution >= 4 is 56.2 Å². The fourth-order valence-electron chi connectivity index (χ4n) is 5.16. The number of para-hydroxylation sites is 2. The fourth-order valence-corrected chi connectivity index (χ4v) is 5.16. The molecule has 0 radical (unpaired) electrons. The first-order valence-corrected chi connectivity index (χ1v) is 11.2. The number of H-pyrrole nitrogens is 2. The van der Waals surface area contributed by atoms with E-state index < -0.39 is 0 Å². The van der Waals surface area contributed by atoms with Gasteiger partial charge in [0.2, 0.25) is 0 Å². The Hall–Kier alpha value is -4.18. The van der Waals surface area contributed by atoms with Gasteiger partial charge < -0.3 is 9.97 Å². The first-order valence-electron chi connectivity index (χ1n) is 11.2. The molecule has 0 amide bonds. The standard InChI is InChI=1S/C29H22N2O2/c32-16-20-14-12-18(28-26(20)22-8-1-3-10-24(22)30-28)6-5-7-19-13-15-21(17-33)27-23-9-2-4-11-25(23)31-29(19)27/h1-4,8-17,30-31H,5-7H2. The molecule has 0 atom stereocenters. The van der Waals surface area contributed by atoms with Gasteiger partial charge in [-0.25, -0.2) is 0 Å². The molecule has 6 rings (SSSR count). The molecule has 0 unspecified atom stereocenters. The summed E-state index contributed by atoms with van der Waals surface area (Å²) in [4.78, 5) is 30.4. The van der Waals surface area contributed by atoms with E-state index in [1.807, 2.05) is 36.4 Å². The zero-order valence-electron chi connectivity index (χ0n) is 18.0. The molecule has 2 heterocycles. The van der Waals surface area contributed by atoms with Crippen molar-refractivity contribution in [2.75, 3.05) is 0 Å². The first-order chi connectivity index (χ1) is 16.3. The van der Waals surface area contributed by atoms with Gasteiger partial charge in [-0.2, -0.15) is 0 Å². The van der Waals surface area contributed by atoms with Crippen LogP contribution in [0.15, 0.2) is 72.8 Å². The summed E-state index contributed by atoms with van der Waals surface area (Å²) in [7, 11) is 0. The molecule has 0 spiro atoms. The summed E-state index contributed by atoms with van der Waals surface area (Å²) < 4.78 is 0. The number of benzene rings is 4. The van der Waals surface area contributed by atoms with Crippen LogP contribution < -0.4 is 0 Å². The molecule has 0 aliphatic heterocycles. The van der Waals surface area contributed by atoms with Crippen molar-refractivity contribution in [2.45, 2.75) is 19.3 Å². The SMILES string of the molecule is O=Cc1ccc(CCCc2ccc(C=O)c3c2[nH]c2ccccc23)c2[nH]c3ccccc3c12. The Morgan fingerprint density at radius 3 is 1.48 bits per heavy atom. The molecule has 4 heteroatoms. The second-order valence-corrected chi connectivity index (χ2v) is 8.56. The lowest BCUT2D eigenvalue weighted by molar-refractivity contribution is 0.111. The topological polar surface area (TPSA) is 65.7 Å². The van der Waals surface area contributed by atoms with E-state index in [9.17, 15) is 9.59 Å². The van der Waals surface area contributed by atoms with Gasteiger partial charge in [-0.05, 0) is 42.5 Å². The zero-order chi connectivity index (χ0) is 22.4. The monoisotopic (exact) mass is 430 g/mol. The molecule has 2 N–H and O–H groups in total. The van der Waals surface area contributed by atoms with Gasteiger partial charge in [0.05, 0.1) is 11.0 Å². The zero-order valence-corrected chi connectivity index (χ0v) is 18.0. The van der Waals surface area contributed by atoms with Crippen molar-refractivity contribution in [3.63, 3.8) is 0 Å². The third-order valence-corrected chi connectivity index (χ3v) is 6.71. The summed E-state index contributed by atoms with van der Waals surface area (Å²) in [6.07, 6.45) is 4.61. The number of aromatic nitrogens is 2. The summed E-state index contributed by atoms with van der Waals surface area (Å²) in [5.41, 5.74) is 8.06. The Labute approximate surface area is 190 Å². The largest absolute Gasteiger partial charge is 0.354 e. The molecule has 0 aliphatic carbocycles. The Balaban J connectivity index is 1.36. The molecule has 2 aromatic heterocycles. The minimum absolute atomic E-state index is 0.718. The van der Waals surface area contributed by atoms with Crippen LogP contribution in [0.5, 0.6) is 0 Å². The van der Waals surface area contributed by atoms with E-state index in [0.717, 1.165) is 86.6 Å². The molecule has 0 fully saturated rings. The van der Waals surface area contributed by atoms with Crippen molar-refractivity contribution in [1.29, 1.82) is 0 Å². The average Bonchev–Trinajstić information content (AvgIpc) is 3.44. The fraction of sp³-hybridized carbons (Fsp3) is 0.103. The van der Waals surface area contributed by atoms with Crippen LogP contribution in [0.1, 0.15) is 38.3 Å². The third kappa shape index (κ3) is 3.06. The second-order valence-electron chi connectivity index (χ2n) is 8.56. The summed E-state index contributed by atoms with van der Waals surface area (Å²) in [6, 6.07) is 24.2. The number of rotatable bonds is 6. The van der Waals surface area contributed by atoms with Gasteiger partial charge in [0, 0.05) is 43.7 Å². The number of fused-ring (bicyclic) bond motifs is 6. The molecule has 6 aromatic rings. The van der Waals surface area contributed by atoms with Crippen molar-refractivity contribution in [1.82, 2.24) is 9.97 Å². The van der Waals surface area contributed by atoms with Crippen molar-refractivity contribution in [3.05, 3.63) is 95.1 Å². The maximum atomic E-state index is 11.7. The lowest BCUT2D eigenvalue weighted by atomic mass is 9.97. The van der Waals surface area contributed by atoms with Crippen molar-refractivity contribution in [2.24, 2.45) is 0 Å². The molecular formula is C29H22N2O2. The van der Waals surface area contributed by atoms with Crippen LogP contribution in [0.4, 0.5) is 0 Å². The number of aromatic amines is 2. The van der Waals surface area contributed by atoms with E-state index in [1.165, 1.54) is 11.1 Å².